The van der Waals surface area contributed by atoms with Crippen molar-refractivity contribution in [3.05, 3.63) is 27.8 Å². The normalized spacial score (nSPS) is 10.3. The Morgan fingerprint density at radius 2 is 1.50 bits per heavy atom. The van der Waals surface area contributed by atoms with Gasteiger partial charge in [-0.2, -0.15) is 0 Å². The fourth-order valence-electron chi connectivity index (χ4n) is 1.80. The summed E-state index contributed by atoms with van der Waals surface area (Å²) in [5.74, 6) is -0.0493. The van der Waals surface area contributed by atoms with Crippen molar-refractivity contribution in [2.45, 2.75) is 34.6 Å². The molecule has 3 nitrogen and oxygen atoms in total. The molecule has 0 aliphatic carbocycles. The highest BCUT2D eigenvalue weighted by molar-refractivity contribution is 5.94. The molecule has 0 radical (unpaired) electrons. The fourth-order valence-corrected chi connectivity index (χ4v) is 1.80. The minimum absolute atomic E-state index is 0.267. The molecule has 0 saturated heterocycles. The number of benzene rings is 1. The molecule has 0 aromatic heterocycles. The van der Waals surface area contributed by atoms with Crippen LogP contribution >= 0.6 is 0 Å². The van der Waals surface area contributed by atoms with Crippen LogP contribution in [-0.4, -0.2) is 17.7 Å². The van der Waals surface area contributed by atoms with E-state index in [1.54, 1.807) is 20.8 Å². The van der Waals surface area contributed by atoms with Crippen LogP contribution in [-0.2, 0) is 4.74 Å². The second-order valence-corrected chi connectivity index (χ2v) is 3.94. The number of carbonyl (C=O) groups is 1. The lowest BCUT2D eigenvalue weighted by Crippen LogP contribution is -2.11. The van der Waals surface area contributed by atoms with Gasteiger partial charge < -0.3 is 9.84 Å². The van der Waals surface area contributed by atoms with Crippen molar-refractivity contribution >= 4 is 5.97 Å². The summed E-state index contributed by atoms with van der Waals surface area (Å²) >= 11 is 0. The monoisotopic (exact) mass is 222 g/mol. The van der Waals surface area contributed by atoms with Gasteiger partial charge in [-0.05, 0) is 56.9 Å². The summed E-state index contributed by atoms with van der Waals surface area (Å²) in [5.41, 5.74) is 3.64. The van der Waals surface area contributed by atoms with Gasteiger partial charge in [0.1, 0.15) is 5.75 Å². The Kier molecular flexibility index (Phi) is 3.58. The molecule has 0 aliphatic heterocycles. The topological polar surface area (TPSA) is 46.5 Å². The van der Waals surface area contributed by atoms with Crippen LogP contribution in [0, 0.1) is 27.7 Å². The highest BCUT2D eigenvalue weighted by Crippen LogP contribution is 2.31. The van der Waals surface area contributed by atoms with E-state index >= 15 is 0 Å². The lowest BCUT2D eigenvalue weighted by atomic mass is 9.93. The molecule has 1 rings (SSSR count). The number of phenolic OH excluding ortho intramolecular Hbond substituents is 1. The first-order chi connectivity index (χ1) is 7.41. The van der Waals surface area contributed by atoms with Crippen molar-refractivity contribution in [2.24, 2.45) is 0 Å². The Morgan fingerprint density at radius 1 is 1.06 bits per heavy atom. The summed E-state index contributed by atoms with van der Waals surface area (Å²) in [4.78, 5) is 11.8. The van der Waals surface area contributed by atoms with E-state index in [9.17, 15) is 9.90 Å². The molecule has 0 atom stereocenters. The van der Waals surface area contributed by atoms with Gasteiger partial charge in [-0.15, -0.1) is 0 Å². The van der Waals surface area contributed by atoms with Crippen LogP contribution in [0.3, 0.4) is 0 Å². The van der Waals surface area contributed by atoms with Crippen LogP contribution in [0.4, 0.5) is 0 Å². The van der Waals surface area contributed by atoms with Gasteiger partial charge in [-0.3, -0.25) is 0 Å². The zero-order valence-electron chi connectivity index (χ0n) is 10.5. The molecule has 1 N–H and O–H groups in total. The van der Waals surface area contributed by atoms with Crippen molar-refractivity contribution in [1.29, 1.82) is 0 Å². The van der Waals surface area contributed by atoms with E-state index in [1.165, 1.54) is 0 Å². The van der Waals surface area contributed by atoms with E-state index in [4.69, 9.17) is 4.74 Å². The molecule has 0 spiro atoms. The summed E-state index contributed by atoms with van der Waals surface area (Å²) in [5, 5.41) is 9.85. The average Bonchev–Trinajstić information content (AvgIpc) is 2.24. The second kappa shape index (κ2) is 4.56. The van der Waals surface area contributed by atoms with E-state index < -0.39 is 0 Å². The summed E-state index contributed by atoms with van der Waals surface area (Å²) in [7, 11) is 0. The summed E-state index contributed by atoms with van der Waals surface area (Å²) in [6, 6.07) is 0. The molecule has 16 heavy (non-hydrogen) atoms. The molecule has 0 heterocycles. The number of aromatic hydroxyl groups is 1. The Labute approximate surface area is 96.1 Å². The number of phenols is 1. The first-order valence-electron chi connectivity index (χ1n) is 5.38. The van der Waals surface area contributed by atoms with E-state index in [-0.39, 0.29) is 11.7 Å². The maximum absolute atomic E-state index is 11.8. The zero-order chi connectivity index (χ0) is 12.5. The highest BCUT2D eigenvalue weighted by atomic mass is 16.5. The third-order valence-electron chi connectivity index (χ3n) is 3.06. The van der Waals surface area contributed by atoms with Gasteiger partial charge in [0.15, 0.2) is 0 Å². The van der Waals surface area contributed by atoms with Crippen LogP contribution in [0.25, 0.3) is 0 Å². The van der Waals surface area contributed by atoms with Crippen molar-refractivity contribution in [1.82, 2.24) is 0 Å². The molecule has 88 valence electrons. The maximum Gasteiger partial charge on any atom is 0.338 e. The van der Waals surface area contributed by atoms with Crippen molar-refractivity contribution in [3.63, 3.8) is 0 Å². The van der Waals surface area contributed by atoms with E-state index in [0.717, 1.165) is 22.3 Å². The van der Waals surface area contributed by atoms with Gasteiger partial charge in [0, 0.05) is 0 Å². The minimum atomic E-state index is -0.316. The number of hydrogen-bond donors (Lipinski definition) is 1. The Balaban J connectivity index is 3.45. The Hall–Kier alpha value is -1.51. The largest absolute Gasteiger partial charge is 0.507 e. The van der Waals surface area contributed by atoms with Crippen molar-refractivity contribution in [3.8, 4) is 5.75 Å². The zero-order valence-corrected chi connectivity index (χ0v) is 10.5. The van der Waals surface area contributed by atoms with Gasteiger partial charge in [0.25, 0.3) is 0 Å². The second-order valence-electron chi connectivity index (χ2n) is 3.94. The van der Waals surface area contributed by atoms with Gasteiger partial charge in [-0.1, -0.05) is 0 Å². The van der Waals surface area contributed by atoms with Gasteiger partial charge in [0.05, 0.1) is 12.2 Å². The van der Waals surface area contributed by atoms with Crippen LogP contribution in [0.15, 0.2) is 0 Å². The number of carbonyl (C=O) groups excluding carboxylic acids is 1. The maximum atomic E-state index is 11.8. The number of hydrogen-bond acceptors (Lipinski definition) is 3. The third kappa shape index (κ3) is 1.90. The molecule has 0 amide bonds. The van der Waals surface area contributed by atoms with E-state index in [0.29, 0.717) is 12.2 Å². The molecular formula is C13H18O3. The van der Waals surface area contributed by atoms with Crippen LogP contribution < -0.4 is 0 Å². The molecule has 0 unspecified atom stereocenters. The van der Waals surface area contributed by atoms with Gasteiger partial charge >= 0.3 is 5.97 Å². The van der Waals surface area contributed by atoms with E-state index in [2.05, 4.69) is 0 Å². The molecule has 0 aliphatic rings. The average molecular weight is 222 g/mol. The SMILES string of the molecule is CCOC(=O)c1c(C)c(C)c(O)c(C)c1C. The molecular weight excluding hydrogens is 204 g/mol. The quantitative estimate of drug-likeness (QED) is 0.783. The standard InChI is InChI=1S/C13H18O3/c1-6-16-13(15)11-7(2)9(4)12(14)10(5)8(11)3/h14H,6H2,1-5H3. The molecule has 0 bridgehead atoms. The molecule has 1 aromatic rings. The smallest absolute Gasteiger partial charge is 0.338 e. The van der Waals surface area contributed by atoms with Crippen LogP contribution in [0.5, 0.6) is 5.75 Å². The fraction of sp³-hybridized carbons (Fsp3) is 0.462. The number of rotatable bonds is 2. The van der Waals surface area contributed by atoms with E-state index in [1.807, 2.05) is 13.8 Å². The lowest BCUT2D eigenvalue weighted by Gasteiger charge is -2.16. The highest BCUT2D eigenvalue weighted by Gasteiger charge is 2.19. The third-order valence-corrected chi connectivity index (χ3v) is 3.06. The Morgan fingerprint density at radius 3 is 1.88 bits per heavy atom. The number of esters is 1. The first-order valence-corrected chi connectivity index (χ1v) is 5.38. The van der Waals surface area contributed by atoms with Crippen LogP contribution in [0.2, 0.25) is 0 Å². The lowest BCUT2D eigenvalue weighted by molar-refractivity contribution is 0.0524. The van der Waals surface area contributed by atoms with Crippen LogP contribution in [0.1, 0.15) is 39.5 Å². The molecule has 1 aromatic carbocycles. The number of ether oxygens (including phenoxy) is 1. The molecule has 3 heteroatoms. The summed E-state index contributed by atoms with van der Waals surface area (Å²) in [6.07, 6.45) is 0. The van der Waals surface area contributed by atoms with Crippen molar-refractivity contribution < 1.29 is 14.6 Å². The van der Waals surface area contributed by atoms with Gasteiger partial charge in [0.2, 0.25) is 0 Å². The minimum Gasteiger partial charge on any atom is -0.507 e. The molecule has 0 saturated carbocycles. The predicted octanol–water partition coefficient (Wildman–Crippen LogP) is 2.80. The molecule has 0 fully saturated rings. The van der Waals surface area contributed by atoms with Crippen molar-refractivity contribution in [2.75, 3.05) is 6.61 Å². The predicted molar refractivity (Wildman–Crippen MR) is 63.0 cm³/mol. The first kappa shape index (κ1) is 12.6. The Bertz CT molecular complexity index is 404. The van der Waals surface area contributed by atoms with Gasteiger partial charge in [-0.25, -0.2) is 4.79 Å². The summed E-state index contributed by atoms with van der Waals surface area (Å²) in [6.45, 7) is 9.40. The summed E-state index contributed by atoms with van der Waals surface area (Å²) < 4.78 is 5.02.